The second kappa shape index (κ2) is 9.03. The van der Waals surface area contributed by atoms with Crippen LogP contribution in [0, 0.1) is 6.92 Å². The van der Waals surface area contributed by atoms with Crippen LogP contribution in [0.5, 0.6) is 0 Å². The minimum atomic E-state index is -0.501. The molecule has 156 valence electrons. The molecule has 1 saturated heterocycles. The van der Waals surface area contributed by atoms with Crippen LogP contribution >= 0.6 is 11.6 Å². The van der Waals surface area contributed by atoms with E-state index in [9.17, 15) is 9.59 Å². The number of piperazine rings is 1. The summed E-state index contributed by atoms with van der Waals surface area (Å²) in [5.74, 6) is -0.0554. The Balaban J connectivity index is 2.20. The van der Waals surface area contributed by atoms with Gasteiger partial charge in [0, 0.05) is 43.8 Å². The fourth-order valence-electron chi connectivity index (χ4n) is 3.35. The number of amides is 2. The molecule has 1 aromatic carbocycles. The Morgan fingerprint density at radius 2 is 1.82 bits per heavy atom. The first kappa shape index (κ1) is 22.3. The second-order valence-electron chi connectivity index (χ2n) is 8.28. The standard InChI is InChI=1S/C21H32ClN3O3/c1-7-18(23-15(3)26)16-12-14(2)17(22)13-19(16)24-8-10-25(11-9-24)20(27)28-21(4,5)6/h12-13,18H,7-11H2,1-6H3,(H,23,26)/t18-/m0/s1. The van der Waals surface area contributed by atoms with Gasteiger partial charge in [0.25, 0.3) is 0 Å². The van der Waals surface area contributed by atoms with E-state index >= 15 is 0 Å². The molecule has 0 bridgehead atoms. The van der Waals surface area contributed by atoms with E-state index in [4.69, 9.17) is 16.3 Å². The number of nitrogens with zero attached hydrogens (tertiary/aromatic N) is 2. The molecule has 7 heteroatoms. The van der Waals surface area contributed by atoms with Gasteiger partial charge in [-0.2, -0.15) is 0 Å². The SMILES string of the molecule is CC[C@H](NC(C)=O)c1cc(C)c(Cl)cc1N1CCN(C(=O)OC(C)(C)C)CC1. The van der Waals surface area contributed by atoms with Crippen molar-refractivity contribution in [3.63, 3.8) is 0 Å². The van der Waals surface area contributed by atoms with Crippen molar-refractivity contribution in [2.45, 2.75) is 59.6 Å². The van der Waals surface area contributed by atoms with E-state index in [1.807, 2.05) is 33.8 Å². The number of carbonyl (C=O) groups excluding carboxylic acids is 2. The molecule has 1 aromatic rings. The summed E-state index contributed by atoms with van der Waals surface area (Å²) < 4.78 is 5.48. The Labute approximate surface area is 173 Å². The Hall–Kier alpha value is -1.95. The Morgan fingerprint density at radius 3 is 2.32 bits per heavy atom. The van der Waals surface area contributed by atoms with E-state index in [0.29, 0.717) is 31.2 Å². The topological polar surface area (TPSA) is 61.9 Å². The number of ether oxygens (including phenoxy) is 1. The number of halogens is 1. The third-order valence-corrected chi connectivity index (χ3v) is 5.15. The fraction of sp³-hybridized carbons (Fsp3) is 0.619. The van der Waals surface area contributed by atoms with Gasteiger partial charge in [-0.1, -0.05) is 24.6 Å². The average Bonchev–Trinajstić information content (AvgIpc) is 2.60. The molecule has 0 radical (unpaired) electrons. The zero-order valence-electron chi connectivity index (χ0n) is 17.8. The van der Waals surface area contributed by atoms with Crippen molar-refractivity contribution >= 4 is 29.3 Å². The molecule has 0 aliphatic carbocycles. The van der Waals surface area contributed by atoms with Gasteiger partial charge in [0.05, 0.1) is 6.04 Å². The first-order valence-electron chi connectivity index (χ1n) is 9.82. The Morgan fingerprint density at radius 1 is 1.21 bits per heavy atom. The first-order chi connectivity index (χ1) is 13.0. The van der Waals surface area contributed by atoms with Crippen LogP contribution in [0.25, 0.3) is 0 Å². The maximum Gasteiger partial charge on any atom is 0.410 e. The van der Waals surface area contributed by atoms with Crippen LogP contribution < -0.4 is 10.2 Å². The van der Waals surface area contributed by atoms with Crippen molar-refractivity contribution in [1.29, 1.82) is 0 Å². The van der Waals surface area contributed by atoms with Crippen LogP contribution in [-0.2, 0) is 9.53 Å². The first-order valence-corrected chi connectivity index (χ1v) is 10.2. The molecule has 1 heterocycles. The summed E-state index contributed by atoms with van der Waals surface area (Å²) in [4.78, 5) is 27.9. The van der Waals surface area contributed by atoms with E-state index in [0.717, 1.165) is 23.2 Å². The molecule has 1 N–H and O–H groups in total. The molecule has 6 nitrogen and oxygen atoms in total. The summed E-state index contributed by atoms with van der Waals surface area (Å²) in [5, 5.41) is 3.73. The van der Waals surface area contributed by atoms with Gasteiger partial charge in [-0.05, 0) is 51.3 Å². The summed E-state index contributed by atoms with van der Waals surface area (Å²) in [5.41, 5.74) is 2.56. The monoisotopic (exact) mass is 409 g/mol. The van der Waals surface area contributed by atoms with Crippen molar-refractivity contribution in [3.05, 3.63) is 28.3 Å². The van der Waals surface area contributed by atoms with Crippen LogP contribution in [-0.4, -0.2) is 48.7 Å². The highest BCUT2D eigenvalue weighted by Crippen LogP contribution is 2.34. The number of nitrogens with one attached hydrogen (secondary N) is 1. The van der Waals surface area contributed by atoms with Crippen molar-refractivity contribution in [1.82, 2.24) is 10.2 Å². The molecule has 28 heavy (non-hydrogen) atoms. The molecule has 1 aliphatic heterocycles. The minimum absolute atomic E-state index is 0.0554. The number of rotatable bonds is 4. The molecule has 1 atom stereocenters. The van der Waals surface area contributed by atoms with Crippen LogP contribution in [0.1, 0.15) is 58.2 Å². The lowest BCUT2D eigenvalue weighted by Gasteiger charge is -2.38. The average molecular weight is 410 g/mol. The largest absolute Gasteiger partial charge is 0.444 e. The van der Waals surface area contributed by atoms with Gasteiger partial charge >= 0.3 is 6.09 Å². The minimum Gasteiger partial charge on any atom is -0.444 e. The summed E-state index contributed by atoms with van der Waals surface area (Å²) >= 11 is 6.41. The number of aryl methyl sites for hydroxylation is 1. The highest BCUT2D eigenvalue weighted by atomic mass is 35.5. The number of benzene rings is 1. The second-order valence-corrected chi connectivity index (χ2v) is 8.68. The quantitative estimate of drug-likeness (QED) is 0.805. The zero-order valence-corrected chi connectivity index (χ0v) is 18.5. The maximum absolute atomic E-state index is 12.3. The van der Waals surface area contributed by atoms with Gasteiger partial charge in [0.2, 0.25) is 5.91 Å². The van der Waals surface area contributed by atoms with Gasteiger partial charge in [-0.15, -0.1) is 0 Å². The van der Waals surface area contributed by atoms with E-state index in [1.54, 1.807) is 4.90 Å². The third kappa shape index (κ3) is 5.77. The summed E-state index contributed by atoms with van der Waals surface area (Å²) in [7, 11) is 0. The maximum atomic E-state index is 12.3. The van der Waals surface area contributed by atoms with Crippen LogP contribution in [0.2, 0.25) is 5.02 Å². The zero-order chi connectivity index (χ0) is 21.1. The summed E-state index contributed by atoms with van der Waals surface area (Å²) in [6, 6.07) is 3.95. The predicted molar refractivity (Wildman–Crippen MR) is 113 cm³/mol. The number of hydrogen-bond donors (Lipinski definition) is 1. The smallest absolute Gasteiger partial charge is 0.410 e. The van der Waals surface area contributed by atoms with E-state index < -0.39 is 5.60 Å². The predicted octanol–water partition coefficient (Wildman–Crippen LogP) is 4.29. The molecule has 0 unspecified atom stereocenters. The lowest BCUT2D eigenvalue weighted by molar-refractivity contribution is -0.119. The molecule has 0 aromatic heterocycles. The Kier molecular flexibility index (Phi) is 7.21. The van der Waals surface area contributed by atoms with Crippen molar-refractivity contribution < 1.29 is 14.3 Å². The van der Waals surface area contributed by atoms with Crippen molar-refractivity contribution in [2.75, 3.05) is 31.1 Å². The van der Waals surface area contributed by atoms with Crippen LogP contribution in [0.15, 0.2) is 12.1 Å². The van der Waals surface area contributed by atoms with E-state index in [2.05, 4.69) is 23.2 Å². The fourth-order valence-corrected chi connectivity index (χ4v) is 3.51. The lowest BCUT2D eigenvalue weighted by Crippen LogP contribution is -2.50. The van der Waals surface area contributed by atoms with Crippen molar-refractivity contribution in [3.8, 4) is 0 Å². The van der Waals surface area contributed by atoms with Crippen LogP contribution in [0.4, 0.5) is 10.5 Å². The Bertz CT molecular complexity index is 722. The van der Waals surface area contributed by atoms with Crippen LogP contribution in [0.3, 0.4) is 0 Å². The molecule has 1 fully saturated rings. The van der Waals surface area contributed by atoms with Gasteiger partial charge in [-0.25, -0.2) is 4.79 Å². The van der Waals surface area contributed by atoms with Gasteiger partial charge < -0.3 is 19.9 Å². The number of anilines is 1. The molecule has 0 saturated carbocycles. The molecule has 2 rings (SSSR count). The molecule has 0 spiro atoms. The normalized spacial score (nSPS) is 16.0. The van der Waals surface area contributed by atoms with Gasteiger partial charge in [-0.3, -0.25) is 4.79 Å². The summed E-state index contributed by atoms with van der Waals surface area (Å²) in [6.07, 6.45) is 0.505. The lowest BCUT2D eigenvalue weighted by atomic mass is 9.98. The molecule has 2 amide bonds. The van der Waals surface area contributed by atoms with Crippen molar-refractivity contribution in [2.24, 2.45) is 0 Å². The highest BCUT2D eigenvalue weighted by Gasteiger charge is 2.28. The molecular formula is C21H32ClN3O3. The number of carbonyl (C=O) groups is 2. The van der Waals surface area contributed by atoms with Gasteiger partial charge in [0.1, 0.15) is 5.60 Å². The van der Waals surface area contributed by atoms with E-state index in [-0.39, 0.29) is 18.0 Å². The molecular weight excluding hydrogens is 378 g/mol. The molecule has 1 aliphatic rings. The van der Waals surface area contributed by atoms with Gasteiger partial charge in [0.15, 0.2) is 0 Å². The third-order valence-electron chi connectivity index (χ3n) is 4.74. The number of hydrogen-bond acceptors (Lipinski definition) is 4. The summed E-state index contributed by atoms with van der Waals surface area (Å²) in [6.45, 7) is 13.7. The highest BCUT2D eigenvalue weighted by molar-refractivity contribution is 6.31. The van der Waals surface area contributed by atoms with E-state index in [1.165, 1.54) is 6.92 Å².